The van der Waals surface area contributed by atoms with Crippen LogP contribution in [-0.2, 0) is 11.2 Å². The number of hydrogen-bond donors (Lipinski definition) is 0. The summed E-state index contributed by atoms with van der Waals surface area (Å²) < 4.78 is 40.3. The van der Waals surface area contributed by atoms with Crippen LogP contribution in [0.15, 0.2) is 42.5 Å². The SMILES string of the molecule is Cc1ccc2c(c1)CC(=O)N2c1ccc(OC(F)(F)F)cc1. The Hall–Kier alpha value is -2.50. The van der Waals surface area contributed by atoms with Gasteiger partial charge in [-0.05, 0) is 42.8 Å². The molecule has 0 spiro atoms. The number of hydrogen-bond acceptors (Lipinski definition) is 2. The molecule has 1 aliphatic rings. The summed E-state index contributed by atoms with van der Waals surface area (Å²) in [5, 5.41) is 0. The fourth-order valence-corrected chi connectivity index (χ4v) is 2.53. The molecule has 0 N–H and O–H groups in total. The predicted octanol–water partition coefficient (Wildman–Crippen LogP) is 4.11. The molecule has 3 rings (SSSR count). The molecular formula is C16H12F3NO2. The van der Waals surface area contributed by atoms with Crippen LogP contribution in [-0.4, -0.2) is 12.3 Å². The molecule has 3 nitrogen and oxygen atoms in total. The molecule has 0 saturated carbocycles. The fraction of sp³-hybridized carbons (Fsp3) is 0.188. The summed E-state index contributed by atoms with van der Waals surface area (Å²) in [6.45, 7) is 1.94. The van der Waals surface area contributed by atoms with Crippen molar-refractivity contribution < 1.29 is 22.7 Å². The smallest absolute Gasteiger partial charge is 0.406 e. The average Bonchev–Trinajstić information content (AvgIpc) is 2.73. The normalized spacial score (nSPS) is 14.2. The summed E-state index contributed by atoms with van der Waals surface area (Å²) in [7, 11) is 0. The molecule has 0 saturated heterocycles. The van der Waals surface area contributed by atoms with Gasteiger partial charge >= 0.3 is 6.36 Å². The molecule has 0 radical (unpaired) electrons. The number of anilines is 2. The van der Waals surface area contributed by atoms with E-state index in [4.69, 9.17) is 0 Å². The highest BCUT2D eigenvalue weighted by Gasteiger charge is 2.32. The first kappa shape index (κ1) is 14.4. The monoisotopic (exact) mass is 307 g/mol. The molecular weight excluding hydrogens is 295 g/mol. The van der Waals surface area contributed by atoms with Gasteiger partial charge in [0.2, 0.25) is 5.91 Å². The lowest BCUT2D eigenvalue weighted by molar-refractivity contribution is -0.274. The van der Waals surface area contributed by atoms with Crippen molar-refractivity contribution in [2.75, 3.05) is 4.90 Å². The molecule has 6 heteroatoms. The number of carbonyl (C=O) groups excluding carboxylic acids is 1. The lowest BCUT2D eigenvalue weighted by Crippen LogP contribution is -2.21. The van der Waals surface area contributed by atoms with Crippen molar-refractivity contribution in [3.8, 4) is 5.75 Å². The number of ether oxygens (including phenoxy) is 1. The van der Waals surface area contributed by atoms with Crippen LogP contribution in [0.3, 0.4) is 0 Å². The fourth-order valence-electron chi connectivity index (χ4n) is 2.53. The first-order valence-corrected chi connectivity index (χ1v) is 6.62. The van der Waals surface area contributed by atoms with Crippen LogP contribution in [0, 0.1) is 6.92 Å². The number of alkyl halides is 3. The number of carbonyl (C=O) groups is 1. The maximum absolute atomic E-state index is 12.2. The Labute approximate surface area is 124 Å². The van der Waals surface area contributed by atoms with Gasteiger partial charge in [-0.25, -0.2) is 0 Å². The Morgan fingerprint density at radius 2 is 1.77 bits per heavy atom. The zero-order valence-corrected chi connectivity index (χ0v) is 11.6. The van der Waals surface area contributed by atoms with E-state index in [1.807, 2.05) is 25.1 Å². The number of aryl methyl sites for hydroxylation is 1. The second-order valence-corrected chi connectivity index (χ2v) is 5.08. The summed E-state index contributed by atoms with van der Waals surface area (Å²) in [5.41, 5.74) is 3.25. The highest BCUT2D eigenvalue weighted by atomic mass is 19.4. The maximum Gasteiger partial charge on any atom is 0.573 e. The Morgan fingerprint density at radius 3 is 2.41 bits per heavy atom. The van der Waals surface area contributed by atoms with Gasteiger partial charge in [-0.15, -0.1) is 13.2 Å². The van der Waals surface area contributed by atoms with E-state index in [2.05, 4.69) is 4.74 Å². The first-order valence-electron chi connectivity index (χ1n) is 6.62. The topological polar surface area (TPSA) is 29.5 Å². The van der Waals surface area contributed by atoms with E-state index in [0.29, 0.717) is 5.69 Å². The van der Waals surface area contributed by atoms with E-state index < -0.39 is 6.36 Å². The Bertz CT molecular complexity index is 723. The van der Waals surface area contributed by atoms with E-state index in [1.54, 1.807) is 0 Å². The van der Waals surface area contributed by atoms with Crippen molar-refractivity contribution in [1.29, 1.82) is 0 Å². The quantitative estimate of drug-likeness (QED) is 0.835. The van der Waals surface area contributed by atoms with Gasteiger partial charge in [0.15, 0.2) is 0 Å². The number of benzene rings is 2. The standard InChI is InChI=1S/C16H12F3NO2/c1-10-2-7-14-11(8-10)9-15(21)20(14)12-3-5-13(6-4-12)22-16(17,18)19/h2-8H,9H2,1H3. The molecule has 1 aliphatic heterocycles. The zero-order valence-electron chi connectivity index (χ0n) is 11.6. The van der Waals surface area contributed by atoms with Gasteiger partial charge in [-0.3, -0.25) is 9.69 Å². The first-order chi connectivity index (χ1) is 10.3. The average molecular weight is 307 g/mol. The third-order valence-electron chi connectivity index (χ3n) is 3.40. The van der Waals surface area contributed by atoms with Crippen molar-refractivity contribution in [1.82, 2.24) is 0 Å². The molecule has 2 aromatic carbocycles. The lowest BCUT2D eigenvalue weighted by Gasteiger charge is -2.18. The van der Waals surface area contributed by atoms with Crippen LogP contribution in [0.2, 0.25) is 0 Å². The van der Waals surface area contributed by atoms with Crippen LogP contribution in [0.5, 0.6) is 5.75 Å². The number of fused-ring (bicyclic) bond motifs is 1. The lowest BCUT2D eigenvalue weighted by atomic mass is 10.1. The summed E-state index contributed by atoms with van der Waals surface area (Å²) in [6.07, 6.45) is -4.44. The number of rotatable bonds is 2. The summed E-state index contributed by atoms with van der Waals surface area (Å²) >= 11 is 0. The number of amides is 1. The summed E-state index contributed by atoms with van der Waals surface area (Å²) in [5.74, 6) is -0.419. The number of nitrogens with zero attached hydrogens (tertiary/aromatic N) is 1. The van der Waals surface area contributed by atoms with Crippen LogP contribution in [0.4, 0.5) is 24.5 Å². The van der Waals surface area contributed by atoms with E-state index in [-0.39, 0.29) is 18.1 Å². The van der Waals surface area contributed by atoms with Crippen molar-refractivity contribution in [2.45, 2.75) is 19.7 Å². The Balaban J connectivity index is 1.91. The molecule has 0 aliphatic carbocycles. The Kier molecular flexibility index (Phi) is 3.31. The molecule has 1 amide bonds. The van der Waals surface area contributed by atoms with Gasteiger partial charge in [-0.1, -0.05) is 17.7 Å². The van der Waals surface area contributed by atoms with Crippen molar-refractivity contribution >= 4 is 17.3 Å². The molecule has 0 aromatic heterocycles. The van der Waals surface area contributed by atoms with Gasteiger partial charge < -0.3 is 4.74 Å². The molecule has 0 fully saturated rings. The van der Waals surface area contributed by atoms with Gasteiger partial charge in [0, 0.05) is 5.69 Å². The van der Waals surface area contributed by atoms with Gasteiger partial charge in [0.1, 0.15) is 5.75 Å². The second kappa shape index (κ2) is 5.05. The van der Waals surface area contributed by atoms with Crippen molar-refractivity contribution in [3.05, 3.63) is 53.6 Å². The maximum atomic E-state index is 12.2. The van der Waals surface area contributed by atoms with E-state index in [0.717, 1.165) is 16.8 Å². The van der Waals surface area contributed by atoms with Gasteiger partial charge in [-0.2, -0.15) is 0 Å². The third kappa shape index (κ3) is 2.77. The molecule has 1 heterocycles. The van der Waals surface area contributed by atoms with Crippen molar-refractivity contribution in [3.63, 3.8) is 0 Å². The minimum atomic E-state index is -4.73. The molecule has 0 bridgehead atoms. The third-order valence-corrected chi connectivity index (χ3v) is 3.40. The zero-order chi connectivity index (χ0) is 15.9. The van der Waals surface area contributed by atoms with E-state index in [1.165, 1.54) is 29.2 Å². The highest BCUT2D eigenvalue weighted by Crippen LogP contribution is 2.36. The molecule has 114 valence electrons. The van der Waals surface area contributed by atoms with Crippen molar-refractivity contribution in [2.24, 2.45) is 0 Å². The molecule has 22 heavy (non-hydrogen) atoms. The van der Waals surface area contributed by atoms with Gasteiger partial charge in [0.05, 0.1) is 12.1 Å². The second-order valence-electron chi connectivity index (χ2n) is 5.08. The summed E-state index contributed by atoms with van der Waals surface area (Å²) in [4.78, 5) is 13.7. The molecule has 0 unspecified atom stereocenters. The minimum Gasteiger partial charge on any atom is -0.406 e. The number of halogens is 3. The predicted molar refractivity (Wildman–Crippen MR) is 75.2 cm³/mol. The van der Waals surface area contributed by atoms with E-state index in [9.17, 15) is 18.0 Å². The highest BCUT2D eigenvalue weighted by molar-refractivity contribution is 6.07. The van der Waals surface area contributed by atoms with Gasteiger partial charge in [0.25, 0.3) is 0 Å². The minimum absolute atomic E-state index is 0.106. The van der Waals surface area contributed by atoms with Crippen LogP contribution < -0.4 is 9.64 Å². The van der Waals surface area contributed by atoms with Crippen LogP contribution in [0.1, 0.15) is 11.1 Å². The largest absolute Gasteiger partial charge is 0.573 e. The summed E-state index contributed by atoms with van der Waals surface area (Å²) in [6, 6.07) is 10.9. The molecule has 2 aromatic rings. The Morgan fingerprint density at radius 1 is 1.09 bits per heavy atom. The molecule has 0 atom stereocenters. The van der Waals surface area contributed by atoms with E-state index >= 15 is 0 Å². The van der Waals surface area contributed by atoms with Crippen LogP contribution in [0.25, 0.3) is 0 Å². The van der Waals surface area contributed by atoms with Crippen LogP contribution >= 0.6 is 0 Å².